The summed E-state index contributed by atoms with van der Waals surface area (Å²) in [4.78, 5) is 17.1. The van der Waals surface area contributed by atoms with E-state index in [0.29, 0.717) is 17.1 Å². The molecule has 122 valence electrons. The molecule has 0 unspecified atom stereocenters. The van der Waals surface area contributed by atoms with Gasteiger partial charge in [0.25, 0.3) is 0 Å². The second-order valence-electron chi connectivity index (χ2n) is 5.29. The number of carbonyl (C=O) groups is 1. The van der Waals surface area contributed by atoms with Crippen LogP contribution in [0.3, 0.4) is 0 Å². The monoisotopic (exact) mass is 344 g/mol. The van der Waals surface area contributed by atoms with Crippen molar-refractivity contribution in [2.45, 2.75) is 12.8 Å². The maximum Gasteiger partial charge on any atom is 0.230 e. The van der Waals surface area contributed by atoms with Crippen LogP contribution in [0.2, 0.25) is 0 Å². The van der Waals surface area contributed by atoms with Gasteiger partial charge in [0.15, 0.2) is 5.13 Å². The molecule has 0 aliphatic heterocycles. The van der Waals surface area contributed by atoms with Crippen molar-refractivity contribution in [3.63, 3.8) is 0 Å². The Hall–Kier alpha value is -2.60. The summed E-state index contributed by atoms with van der Waals surface area (Å²) in [5.74, 6) is -0.903. The van der Waals surface area contributed by atoms with Gasteiger partial charge in [-0.05, 0) is 35.4 Å². The van der Waals surface area contributed by atoms with E-state index in [4.69, 9.17) is 0 Å². The summed E-state index contributed by atoms with van der Waals surface area (Å²) >= 11 is 1.34. The van der Waals surface area contributed by atoms with Crippen LogP contribution in [0.4, 0.5) is 13.9 Å². The SMILES string of the molecule is O=C(Cc1cccc(F)c1)Nc1ncc(Cc2cccc(F)c2)s1. The summed E-state index contributed by atoms with van der Waals surface area (Å²) in [7, 11) is 0. The molecule has 0 atom stereocenters. The fraction of sp³-hybridized carbons (Fsp3) is 0.111. The molecule has 3 rings (SSSR count). The Bertz CT molecular complexity index is 863. The molecule has 2 aromatic carbocycles. The van der Waals surface area contributed by atoms with Crippen LogP contribution in [0, 0.1) is 11.6 Å². The number of thiazole rings is 1. The van der Waals surface area contributed by atoms with Gasteiger partial charge in [-0.1, -0.05) is 24.3 Å². The van der Waals surface area contributed by atoms with Crippen LogP contribution in [0.25, 0.3) is 0 Å². The zero-order valence-electron chi connectivity index (χ0n) is 12.6. The Morgan fingerprint density at radius 2 is 1.71 bits per heavy atom. The molecule has 1 amide bonds. The fourth-order valence-corrected chi connectivity index (χ4v) is 3.15. The molecule has 0 aliphatic carbocycles. The molecule has 1 aromatic heterocycles. The average molecular weight is 344 g/mol. The van der Waals surface area contributed by atoms with Crippen LogP contribution in [-0.4, -0.2) is 10.9 Å². The highest BCUT2D eigenvalue weighted by molar-refractivity contribution is 7.15. The number of amides is 1. The van der Waals surface area contributed by atoms with Crippen LogP contribution in [0.15, 0.2) is 54.7 Å². The minimum Gasteiger partial charge on any atom is -0.302 e. The molecule has 0 fully saturated rings. The van der Waals surface area contributed by atoms with E-state index in [0.717, 1.165) is 10.4 Å². The third kappa shape index (κ3) is 4.45. The van der Waals surface area contributed by atoms with E-state index in [2.05, 4.69) is 10.3 Å². The van der Waals surface area contributed by atoms with E-state index in [1.165, 1.54) is 35.6 Å². The third-order valence-electron chi connectivity index (χ3n) is 3.32. The van der Waals surface area contributed by atoms with E-state index in [-0.39, 0.29) is 24.0 Å². The lowest BCUT2D eigenvalue weighted by atomic mass is 10.1. The molecule has 3 aromatic rings. The number of hydrogen-bond acceptors (Lipinski definition) is 3. The highest BCUT2D eigenvalue weighted by Crippen LogP contribution is 2.21. The Labute approximate surface area is 142 Å². The first-order chi connectivity index (χ1) is 11.6. The molecule has 0 saturated carbocycles. The van der Waals surface area contributed by atoms with Crippen molar-refractivity contribution in [1.82, 2.24) is 4.98 Å². The molecule has 6 heteroatoms. The second kappa shape index (κ2) is 7.31. The number of rotatable bonds is 5. The van der Waals surface area contributed by atoms with Crippen molar-refractivity contribution in [2.24, 2.45) is 0 Å². The molecule has 24 heavy (non-hydrogen) atoms. The number of nitrogens with zero attached hydrogens (tertiary/aromatic N) is 1. The summed E-state index contributed by atoms with van der Waals surface area (Å²) in [6.45, 7) is 0. The van der Waals surface area contributed by atoms with Crippen LogP contribution >= 0.6 is 11.3 Å². The number of aromatic nitrogens is 1. The molecule has 3 nitrogen and oxygen atoms in total. The van der Waals surface area contributed by atoms with Gasteiger partial charge < -0.3 is 5.32 Å². The van der Waals surface area contributed by atoms with Gasteiger partial charge in [-0.3, -0.25) is 4.79 Å². The Balaban J connectivity index is 1.60. The van der Waals surface area contributed by atoms with E-state index in [1.54, 1.807) is 24.4 Å². The van der Waals surface area contributed by atoms with Crippen molar-refractivity contribution in [3.8, 4) is 0 Å². The zero-order chi connectivity index (χ0) is 16.9. The normalized spacial score (nSPS) is 10.6. The molecular formula is C18H14F2N2OS. The number of hydrogen-bond donors (Lipinski definition) is 1. The third-order valence-corrected chi connectivity index (χ3v) is 4.23. The van der Waals surface area contributed by atoms with Crippen LogP contribution in [0.1, 0.15) is 16.0 Å². The Morgan fingerprint density at radius 1 is 1.04 bits per heavy atom. The van der Waals surface area contributed by atoms with Crippen molar-refractivity contribution in [2.75, 3.05) is 5.32 Å². The van der Waals surface area contributed by atoms with Gasteiger partial charge in [-0.25, -0.2) is 13.8 Å². The minimum atomic E-state index is -0.369. The Kier molecular flexibility index (Phi) is 4.96. The van der Waals surface area contributed by atoms with Crippen LogP contribution < -0.4 is 5.32 Å². The molecular weight excluding hydrogens is 330 g/mol. The van der Waals surface area contributed by atoms with Crippen molar-refractivity contribution >= 4 is 22.4 Å². The first-order valence-corrected chi connectivity index (χ1v) is 8.13. The standard InChI is InChI=1S/C18H14F2N2OS/c19-14-5-1-3-12(7-14)9-16-11-21-18(24-16)22-17(23)10-13-4-2-6-15(20)8-13/h1-8,11H,9-10H2,(H,21,22,23). The van der Waals surface area contributed by atoms with Crippen molar-refractivity contribution in [1.29, 1.82) is 0 Å². The first kappa shape index (κ1) is 16.3. The van der Waals surface area contributed by atoms with E-state index in [1.807, 2.05) is 6.07 Å². The highest BCUT2D eigenvalue weighted by atomic mass is 32.1. The zero-order valence-corrected chi connectivity index (χ0v) is 13.4. The lowest BCUT2D eigenvalue weighted by molar-refractivity contribution is -0.115. The molecule has 0 radical (unpaired) electrons. The van der Waals surface area contributed by atoms with Crippen LogP contribution in [0.5, 0.6) is 0 Å². The molecule has 0 saturated heterocycles. The fourth-order valence-electron chi connectivity index (χ4n) is 2.29. The molecule has 0 spiro atoms. The summed E-state index contributed by atoms with van der Waals surface area (Å²) in [6.07, 6.45) is 2.29. The van der Waals surface area contributed by atoms with E-state index >= 15 is 0 Å². The van der Waals surface area contributed by atoms with Gasteiger partial charge >= 0.3 is 0 Å². The van der Waals surface area contributed by atoms with Gasteiger partial charge in [0.2, 0.25) is 5.91 Å². The lowest BCUT2D eigenvalue weighted by Crippen LogP contribution is -2.14. The number of carbonyl (C=O) groups excluding carboxylic acids is 1. The molecule has 1 heterocycles. The number of halogens is 2. The highest BCUT2D eigenvalue weighted by Gasteiger charge is 2.09. The second-order valence-corrected chi connectivity index (χ2v) is 6.41. The number of benzene rings is 2. The summed E-state index contributed by atoms with van der Waals surface area (Å²) in [5.41, 5.74) is 1.44. The van der Waals surface area contributed by atoms with Gasteiger partial charge in [0.05, 0.1) is 6.42 Å². The van der Waals surface area contributed by atoms with Crippen LogP contribution in [-0.2, 0) is 17.6 Å². The summed E-state index contributed by atoms with van der Waals surface area (Å²) in [5, 5.41) is 3.17. The topological polar surface area (TPSA) is 42.0 Å². The number of nitrogens with one attached hydrogen (secondary N) is 1. The molecule has 0 aliphatic rings. The Morgan fingerprint density at radius 3 is 2.42 bits per heavy atom. The van der Waals surface area contributed by atoms with Gasteiger partial charge in [-0.15, -0.1) is 11.3 Å². The summed E-state index contributed by atoms with van der Waals surface area (Å²) in [6, 6.07) is 12.3. The smallest absolute Gasteiger partial charge is 0.230 e. The molecule has 1 N–H and O–H groups in total. The average Bonchev–Trinajstić information content (AvgIpc) is 2.94. The predicted molar refractivity (Wildman–Crippen MR) is 90.1 cm³/mol. The number of anilines is 1. The predicted octanol–water partition coefficient (Wildman–Crippen LogP) is 4.19. The van der Waals surface area contributed by atoms with E-state index in [9.17, 15) is 13.6 Å². The quantitative estimate of drug-likeness (QED) is 0.754. The van der Waals surface area contributed by atoms with Gasteiger partial charge in [-0.2, -0.15) is 0 Å². The van der Waals surface area contributed by atoms with Crippen molar-refractivity contribution in [3.05, 3.63) is 82.4 Å². The molecule has 0 bridgehead atoms. The lowest BCUT2D eigenvalue weighted by Gasteiger charge is -2.02. The first-order valence-electron chi connectivity index (χ1n) is 7.32. The van der Waals surface area contributed by atoms with Gasteiger partial charge in [0, 0.05) is 17.5 Å². The maximum absolute atomic E-state index is 13.2. The van der Waals surface area contributed by atoms with Crippen molar-refractivity contribution < 1.29 is 13.6 Å². The largest absolute Gasteiger partial charge is 0.302 e. The maximum atomic E-state index is 13.2. The summed E-state index contributed by atoms with van der Waals surface area (Å²) < 4.78 is 26.3. The van der Waals surface area contributed by atoms with E-state index < -0.39 is 0 Å². The van der Waals surface area contributed by atoms with Gasteiger partial charge in [0.1, 0.15) is 11.6 Å². The minimum absolute atomic E-state index is 0.0799.